The van der Waals surface area contributed by atoms with Crippen molar-refractivity contribution in [3.05, 3.63) is 35.4 Å². The first kappa shape index (κ1) is 14.0. The maximum absolute atomic E-state index is 11.0. The summed E-state index contributed by atoms with van der Waals surface area (Å²) in [6, 6.07) is 8.14. The van der Waals surface area contributed by atoms with E-state index in [1.807, 2.05) is 18.2 Å². The van der Waals surface area contributed by atoms with Crippen molar-refractivity contribution in [2.45, 2.75) is 25.2 Å². The largest absolute Gasteiger partial charge is 0.369 e. The average Bonchev–Trinajstić information content (AvgIpc) is 2.30. The Bertz CT molecular complexity index is 375. The number of piperidine rings is 1. The maximum Gasteiger partial charge on any atom is 0.221 e. The van der Waals surface area contributed by atoms with Crippen molar-refractivity contribution in [1.29, 1.82) is 0 Å². The molecule has 94 valence electrons. The fourth-order valence-electron chi connectivity index (χ4n) is 2.40. The summed E-state index contributed by atoms with van der Waals surface area (Å²) in [5, 5.41) is 3.40. The number of rotatable bonds is 3. The van der Waals surface area contributed by atoms with Crippen LogP contribution in [0.4, 0.5) is 0 Å². The molecule has 1 amide bonds. The van der Waals surface area contributed by atoms with Gasteiger partial charge in [0, 0.05) is 6.54 Å². The van der Waals surface area contributed by atoms with E-state index in [4.69, 9.17) is 5.73 Å². The summed E-state index contributed by atoms with van der Waals surface area (Å²) < 4.78 is 0. The summed E-state index contributed by atoms with van der Waals surface area (Å²) in [6.07, 6.45) is 2.75. The molecule has 0 aromatic heterocycles. The molecule has 1 aliphatic heterocycles. The molecule has 4 heteroatoms. The third-order valence-corrected chi connectivity index (χ3v) is 3.16. The number of amides is 1. The molecule has 3 nitrogen and oxygen atoms in total. The van der Waals surface area contributed by atoms with Crippen molar-refractivity contribution in [3.63, 3.8) is 0 Å². The van der Waals surface area contributed by atoms with Gasteiger partial charge >= 0.3 is 0 Å². The van der Waals surface area contributed by atoms with Gasteiger partial charge in [0.1, 0.15) is 0 Å². The third kappa shape index (κ3) is 3.72. The van der Waals surface area contributed by atoms with Crippen LogP contribution in [0.25, 0.3) is 0 Å². The van der Waals surface area contributed by atoms with Crippen LogP contribution in [0.15, 0.2) is 24.3 Å². The summed E-state index contributed by atoms with van der Waals surface area (Å²) in [7, 11) is 0. The van der Waals surface area contributed by atoms with Crippen molar-refractivity contribution in [2.24, 2.45) is 5.73 Å². The molecule has 1 aromatic rings. The second kappa shape index (κ2) is 6.62. The molecule has 2 rings (SSSR count). The van der Waals surface area contributed by atoms with Gasteiger partial charge in [0.15, 0.2) is 0 Å². The highest BCUT2D eigenvalue weighted by Crippen LogP contribution is 2.26. The topological polar surface area (TPSA) is 55.1 Å². The van der Waals surface area contributed by atoms with E-state index in [-0.39, 0.29) is 18.3 Å². The number of hydrogen-bond acceptors (Lipinski definition) is 2. The number of benzene rings is 1. The third-order valence-electron chi connectivity index (χ3n) is 3.16. The molecule has 1 aliphatic rings. The molecule has 0 spiro atoms. The van der Waals surface area contributed by atoms with Crippen molar-refractivity contribution in [1.82, 2.24) is 5.32 Å². The minimum atomic E-state index is -0.254. The Labute approximate surface area is 108 Å². The lowest BCUT2D eigenvalue weighted by atomic mass is 9.87. The Morgan fingerprint density at radius 1 is 1.41 bits per heavy atom. The highest BCUT2D eigenvalue weighted by molar-refractivity contribution is 5.85. The van der Waals surface area contributed by atoms with E-state index in [9.17, 15) is 4.79 Å². The van der Waals surface area contributed by atoms with Gasteiger partial charge < -0.3 is 11.1 Å². The number of halogens is 1. The van der Waals surface area contributed by atoms with Gasteiger partial charge in [-0.15, -0.1) is 12.4 Å². The normalized spacial score (nSPS) is 19.4. The highest BCUT2D eigenvalue weighted by Gasteiger charge is 2.18. The van der Waals surface area contributed by atoms with Gasteiger partial charge in [-0.2, -0.15) is 0 Å². The summed E-state index contributed by atoms with van der Waals surface area (Å²) in [6.45, 7) is 2.12. The van der Waals surface area contributed by atoms with E-state index < -0.39 is 0 Å². The number of carbonyl (C=O) groups excluding carboxylic acids is 1. The fraction of sp³-hybridized carbons (Fsp3) is 0.462. The number of hydrogen-bond donors (Lipinski definition) is 2. The maximum atomic E-state index is 11.0. The SMILES string of the molecule is Cl.NC(=O)Cc1ccccc1C1CCCNC1. The van der Waals surface area contributed by atoms with Crippen LogP contribution >= 0.6 is 12.4 Å². The lowest BCUT2D eigenvalue weighted by Gasteiger charge is -2.25. The minimum Gasteiger partial charge on any atom is -0.369 e. The Morgan fingerprint density at radius 3 is 2.82 bits per heavy atom. The van der Waals surface area contributed by atoms with Crippen molar-refractivity contribution in [3.8, 4) is 0 Å². The van der Waals surface area contributed by atoms with Crippen LogP contribution in [0.3, 0.4) is 0 Å². The molecule has 17 heavy (non-hydrogen) atoms. The van der Waals surface area contributed by atoms with Crippen LogP contribution in [0, 0.1) is 0 Å². The zero-order chi connectivity index (χ0) is 11.4. The number of carbonyl (C=O) groups is 1. The van der Waals surface area contributed by atoms with Crippen molar-refractivity contribution >= 4 is 18.3 Å². The second-order valence-corrected chi connectivity index (χ2v) is 4.39. The van der Waals surface area contributed by atoms with Crippen molar-refractivity contribution < 1.29 is 4.79 Å². The van der Waals surface area contributed by atoms with Gasteiger partial charge in [-0.3, -0.25) is 4.79 Å². The molecule has 1 unspecified atom stereocenters. The van der Waals surface area contributed by atoms with Crippen LogP contribution in [0.5, 0.6) is 0 Å². The van der Waals surface area contributed by atoms with Crippen LogP contribution in [0.2, 0.25) is 0 Å². The Hall–Kier alpha value is -1.06. The predicted octanol–water partition coefficient (Wildman–Crippen LogP) is 1.60. The quantitative estimate of drug-likeness (QED) is 0.861. The second-order valence-electron chi connectivity index (χ2n) is 4.39. The van der Waals surface area contributed by atoms with Crippen LogP contribution in [-0.4, -0.2) is 19.0 Å². The Kier molecular flexibility index (Phi) is 5.45. The van der Waals surface area contributed by atoms with Crippen LogP contribution in [-0.2, 0) is 11.2 Å². The van der Waals surface area contributed by atoms with Crippen molar-refractivity contribution in [2.75, 3.05) is 13.1 Å². The van der Waals surface area contributed by atoms with Gasteiger partial charge in [-0.1, -0.05) is 24.3 Å². The summed E-state index contributed by atoms with van der Waals surface area (Å²) in [4.78, 5) is 11.0. The molecular weight excluding hydrogens is 236 g/mol. The predicted molar refractivity (Wildman–Crippen MR) is 71.4 cm³/mol. The Morgan fingerprint density at radius 2 is 2.18 bits per heavy atom. The zero-order valence-corrected chi connectivity index (χ0v) is 10.6. The molecular formula is C13H19ClN2O. The molecule has 1 heterocycles. The van der Waals surface area contributed by atoms with E-state index in [1.165, 1.54) is 18.4 Å². The highest BCUT2D eigenvalue weighted by atomic mass is 35.5. The molecule has 1 saturated heterocycles. The van der Waals surface area contributed by atoms with Gasteiger partial charge in [0.25, 0.3) is 0 Å². The minimum absolute atomic E-state index is 0. The molecule has 0 aliphatic carbocycles. The Balaban J connectivity index is 0.00000144. The van der Waals surface area contributed by atoms with Gasteiger partial charge in [0.05, 0.1) is 6.42 Å². The first-order valence-corrected chi connectivity index (χ1v) is 5.84. The molecule has 0 radical (unpaired) electrons. The number of primary amides is 1. The smallest absolute Gasteiger partial charge is 0.221 e. The number of nitrogens with two attached hydrogens (primary N) is 1. The monoisotopic (exact) mass is 254 g/mol. The molecule has 0 saturated carbocycles. The standard InChI is InChI=1S/C13H18N2O.ClH/c14-13(16)8-10-4-1-2-6-12(10)11-5-3-7-15-9-11;/h1-2,4,6,11,15H,3,5,7-9H2,(H2,14,16);1H. The molecule has 1 atom stereocenters. The van der Waals surface area contributed by atoms with E-state index in [1.54, 1.807) is 0 Å². The average molecular weight is 255 g/mol. The molecule has 3 N–H and O–H groups in total. The van der Waals surface area contributed by atoms with Crippen LogP contribution < -0.4 is 11.1 Å². The lowest BCUT2D eigenvalue weighted by Crippen LogP contribution is -2.29. The van der Waals surface area contributed by atoms with Crippen LogP contribution in [0.1, 0.15) is 29.9 Å². The van der Waals surface area contributed by atoms with Gasteiger partial charge in [-0.25, -0.2) is 0 Å². The molecule has 1 aromatic carbocycles. The first-order valence-electron chi connectivity index (χ1n) is 5.84. The summed E-state index contributed by atoms with van der Waals surface area (Å²) in [5.74, 6) is 0.278. The van der Waals surface area contributed by atoms with E-state index in [2.05, 4.69) is 11.4 Å². The van der Waals surface area contributed by atoms with Gasteiger partial charge in [-0.05, 0) is 36.4 Å². The summed E-state index contributed by atoms with van der Waals surface area (Å²) >= 11 is 0. The fourth-order valence-corrected chi connectivity index (χ4v) is 2.40. The lowest BCUT2D eigenvalue weighted by molar-refractivity contribution is -0.117. The first-order chi connectivity index (χ1) is 7.77. The van der Waals surface area contributed by atoms with E-state index in [0.29, 0.717) is 12.3 Å². The van der Waals surface area contributed by atoms with Gasteiger partial charge in [0.2, 0.25) is 5.91 Å². The summed E-state index contributed by atoms with van der Waals surface area (Å²) in [5.41, 5.74) is 7.64. The van der Waals surface area contributed by atoms with E-state index >= 15 is 0 Å². The zero-order valence-electron chi connectivity index (χ0n) is 9.82. The van der Waals surface area contributed by atoms with E-state index in [0.717, 1.165) is 18.7 Å². The number of nitrogens with one attached hydrogen (secondary N) is 1. The molecule has 1 fully saturated rings. The molecule has 0 bridgehead atoms.